The second kappa shape index (κ2) is 8.43. The maximum absolute atomic E-state index is 13.2. The van der Waals surface area contributed by atoms with Crippen LogP contribution >= 0.6 is 34.5 Å². The highest BCUT2D eigenvalue weighted by Gasteiger charge is 2.35. The molecule has 3 rings (SSSR count). The molecule has 28 heavy (non-hydrogen) atoms. The van der Waals surface area contributed by atoms with Crippen molar-refractivity contribution < 1.29 is 17.9 Å². The molecule has 1 N–H and O–H groups in total. The highest BCUT2D eigenvalue weighted by atomic mass is 35.5. The zero-order valence-electron chi connectivity index (χ0n) is 14.3. The minimum absolute atomic E-state index is 0.103. The smallest absolute Gasteiger partial charge is 0.418 e. The van der Waals surface area contributed by atoms with Gasteiger partial charge in [0.15, 0.2) is 0 Å². The molecule has 0 amide bonds. The Balaban J connectivity index is 1.78. The normalized spacial score (nSPS) is 11.8. The Labute approximate surface area is 173 Å². The third kappa shape index (κ3) is 4.79. The Morgan fingerprint density at radius 3 is 2.43 bits per heavy atom. The summed E-state index contributed by atoms with van der Waals surface area (Å²) in [5, 5.41) is 3.63. The summed E-state index contributed by atoms with van der Waals surface area (Å²) < 4.78 is 44.7. The second-order valence-electron chi connectivity index (χ2n) is 5.61. The lowest BCUT2D eigenvalue weighted by Gasteiger charge is -2.14. The molecule has 0 radical (unpaired) electrons. The van der Waals surface area contributed by atoms with Gasteiger partial charge in [-0.25, -0.2) is 0 Å². The first-order chi connectivity index (χ1) is 13.3. The van der Waals surface area contributed by atoms with Gasteiger partial charge < -0.3 is 4.74 Å². The summed E-state index contributed by atoms with van der Waals surface area (Å²) in [4.78, 5) is 1.75. The van der Waals surface area contributed by atoms with E-state index in [1.807, 2.05) is 36.4 Å². The van der Waals surface area contributed by atoms with Crippen LogP contribution in [0.5, 0.6) is 5.75 Å². The number of hydrogen-bond donors (Lipinski definition) is 1. The molecule has 0 fully saturated rings. The molecule has 0 unspecified atom stereocenters. The fourth-order valence-corrected chi connectivity index (χ4v) is 3.83. The van der Waals surface area contributed by atoms with Crippen molar-refractivity contribution in [3.8, 4) is 16.2 Å². The number of nitrogens with one attached hydrogen (secondary N) is 1. The zero-order chi connectivity index (χ0) is 20.3. The van der Waals surface area contributed by atoms with E-state index in [9.17, 15) is 13.2 Å². The molecule has 0 aliphatic heterocycles. The van der Waals surface area contributed by atoms with Crippen LogP contribution in [0.4, 0.5) is 18.9 Å². The van der Waals surface area contributed by atoms with Crippen molar-refractivity contribution in [1.29, 1.82) is 0 Å². The van der Waals surface area contributed by atoms with Crippen molar-refractivity contribution in [2.24, 2.45) is 5.10 Å². The SMILES string of the molecule is COc1ccc(-c2ccc(C=NNc3c(Cl)cc(Cl)cc3C(F)(F)F)s2)cc1. The Morgan fingerprint density at radius 2 is 1.79 bits per heavy atom. The maximum atomic E-state index is 13.2. The van der Waals surface area contributed by atoms with Crippen LogP contribution in [0.15, 0.2) is 53.6 Å². The molecule has 3 nitrogen and oxygen atoms in total. The molecule has 146 valence electrons. The number of nitrogens with zero attached hydrogens (tertiary/aromatic N) is 1. The van der Waals surface area contributed by atoms with Gasteiger partial charge in [0, 0.05) is 14.8 Å². The van der Waals surface area contributed by atoms with Gasteiger partial charge in [0.1, 0.15) is 5.75 Å². The molecule has 0 saturated carbocycles. The topological polar surface area (TPSA) is 33.6 Å². The first-order valence-corrected chi connectivity index (χ1v) is 9.45. The number of anilines is 1. The van der Waals surface area contributed by atoms with Crippen LogP contribution in [-0.4, -0.2) is 13.3 Å². The van der Waals surface area contributed by atoms with E-state index in [4.69, 9.17) is 27.9 Å². The van der Waals surface area contributed by atoms with Crippen LogP contribution in [-0.2, 0) is 6.18 Å². The Bertz CT molecular complexity index is 1000. The summed E-state index contributed by atoms with van der Waals surface area (Å²) in [7, 11) is 1.60. The van der Waals surface area contributed by atoms with E-state index < -0.39 is 11.7 Å². The van der Waals surface area contributed by atoms with Gasteiger partial charge >= 0.3 is 6.18 Å². The number of methoxy groups -OCH3 is 1. The molecule has 1 aromatic heterocycles. The van der Waals surface area contributed by atoms with Crippen molar-refractivity contribution in [3.63, 3.8) is 0 Å². The Morgan fingerprint density at radius 1 is 1.07 bits per heavy atom. The fraction of sp³-hybridized carbons (Fsp3) is 0.105. The maximum Gasteiger partial charge on any atom is 0.418 e. The number of rotatable bonds is 5. The van der Waals surface area contributed by atoms with Gasteiger partial charge in [-0.05, 0) is 54.1 Å². The molecular formula is C19H13Cl2F3N2OS. The second-order valence-corrected chi connectivity index (χ2v) is 7.57. The summed E-state index contributed by atoms with van der Waals surface area (Å²) in [6.07, 6.45) is -3.18. The van der Waals surface area contributed by atoms with Crippen molar-refractivity contribution in [1.82, 2.24) is 0 Å². The highest BCUT2D eigenvalue weighted by Crippen LogP contribution is 2.40. The van der Waals surface area contributed by atoms with Gasteiger partial charge in [-0.2, -0.15) is 18.3 Å². The lowest BCUT2D eigenvalue weighted by Crippen LogP contribution is -2.09. The van der Waals surface area contributed by atoms with Gasteiger partial charge in [-0.15, -0.1) is 11.3 Å². The summed E-state index contributed by atoms with van der Waals surface area (Å²) in [6.45, 7) is 0. The van der Waals surface area contributed by atoms with E-state index in [0.29, 0.717) is 0 Å². The first-order valence-electron chi connectivity index (χ1n) is 7.87. The van der Waals surface area contributed by atoms with E-state index in [-0.39, 0.29) is 15.7 Å². The molecule has 0 aliphatic carbocycles. The van der Waals surface area contributed by atoms with E-state index in [1.54, 1.807) is 7.11 Å². The van der Waals surface area contributed by atoms with Gasteiger partial charge in [-0.3, -0.25) is 5.43 Å². The quantitative estimate of drug-likeness (QED) is 0.333. The van der Waals surface area contributed by atoms with Crippen LogP contribution in [0.25, 0.3) is 10.4 Å². The summed E-state index contributed by atoms with van der Waals surface area (Å²) in [5.41, 5.74) is 2.05. The molecule has 9 heteroatoms. The van der Waals surface area contributed by atoms with Crippen LogP contribution < -0.4 is 10.2 Å². The molecule has 0 spiro atoms. The minimum Gasteiger partial charge on any atom is -0.497 e. The predicted octanol–water partition coefficient (Wildman–Crippen LogP) is 7.20. The highest BCUT2D eigenvalue weighted by molar-refractivity contribution is 7.17. The van der Waals surface area contributed by atoms with Gasteiger partial charge in [0.05, 0.1) is 29.6 Å². The number of ether oxygens (including phenoxy) is 1. The lowest BCUT2D eigenvalue weighted by molar-refractivity contribution is -0.136. The van der Waals surface area contributed by atoms with Crippen molar-refractivity contribution in [3.05, 3.63) is 69.0 Å². The number of thiophene rings is 1. The van der Waals surface area contributed by atoms with Crippen LogP contribution in [0.1, 0.15) is 10.4 Å². The van der Waals surface area contributed by atoms with Crippen molar-refractivity contribution >= 4 is 46.4 Å². The Kier molecular flexibility index (Phi) is 6.17. The average molecular weight is 445 g/mol. The third-order valence-corrected chi connectivity index (χ3v) is 5.32. The van der Waals surface area contributed by atoms with Gasteiger partial charge in [0.2, 0.25) is 0 Å². The van der Waals surface area contributed by atoms with Gasteiger partial charge in [-0.1, -0.05) is 23.2 Å². The lowest BCUT2D eigenvalue weighted by atomic mass is 10.1. The number of hydrazone groups is 1. The molecule has 0 saturated heterocycles. The molecular weight excluding hydrogens is 432 g/mol. The van der Waals surface area contributed by atoms with E-state index in [1.165, 1.54) is 23.6 Å². The third-order valence-electron chi connectivity index (χ3n) is 3.73. The Hall–Kier alpha value is -2.22. The minimum atomic E-state index is -4.61. The predicted molar refractivity (Wildman–Crippen MR) is 109 cm³/mol. The summed E-state index contributed by atoms with van der Waals surface area (Å²) >= 11 is 13.0. The fourth-order valence-electron chi connectivity index (χ4n) is 2.40. The van der Waals surface area contributed by atoms with Crippen molar-refractivity contribution in [2.45, 2.75) is 6.18 Å². The number of hydrogen-bond acceptors (Lipinski definition) is 4. The number of alkyl halides is 3. The molecule has 0 aliphatic rings. The molecule has 0 atom stereocenters. The zero-order valence-corrected chi connectivity index (χ0v) is 16.7. The van der Waals surface area contributed by atoms with Crippen LogP contribution in [0.3, 0.4) is 0 Å². The number of benzene rings is 2. The van der Waals surface area contributed by atoms with Crippen molar-refractivity contribution in [2.75, 3.05) is 12.5 Å². The van der Waals surface area contributed by atoms with E-state index >= 15 is 0 Å². The summed E-state index contributed by atoms with van der Waals surface area (Å²) in [5.74, 6) is 0.756. The largest absolute Gasteiger partial charge is 0.497 e. The molecule has 2 aromatic carbocycles. The van der Waals surface area contributed by atoms with Crippen LogP contribution in [0.2, 0.25) is 10.0 Å². The van der Waals surface area contributed by atoms with Gasteiger partial charge in [0.25, 0.3) is 0 Å². The standard InChI is InChI=1S/C19H13Cl2F3N2OS/c1-27-13-4-2-11(3-5-13)17-7-6-14(28-17)10-25-26-18-15(19(22,23)24)8-12(20)9-16(18)21/h2-10,26H,1H3. The summed E-state index contributed by atoms with van der Waals surface area (Å²) in [6, 6.07) is 13.3. The number of halogens is 5. The monoisotopic (exact) mass is 444 g/mol. The first kappa shape index (κ1) is 20.5. The molecule has 0 bridgehead atoms. The molecule has 1 heterocycles. The molecule has 3 aromatic rings. The average Bonchev–Trinajstić information content (AvgIpc) is 3.11. The van der Waals surface area contributed by atoms with E-state index in [0.717, 1.165) is 27.1 Å². The van der Waals surface area contributed by atoms with E-state index in [2.05, 4.69) is 10.5 Å². The van der Waals surface area contributed by atoms with Crippen LogP contribution in [0, 0.1) is 0 Å².